The Bertz CT molecular complexity index is 433. The van der Waals surface area contributed by atoms with E-state index in [1.807, 2.05) is 32.0 Å². The van der Waals surface area contributed by atoms with Crippen LogP contribution in [-0.4, -0.2) is 9.90 Å². The fourth-order valence-corrected chi connectivity index (χ4v) is 1.30. The lowest BCUT2D eigenvalue weighted by Crippen LogP contribution is -2.39. The SMILES string of the molecule is CC(C)n1nc2ccccc2[n+]1[O-]. The first kappa shape index (κ1) is 8.04. The molecular weight excluding hydrogens is 166 g/mol. The van der Waals surface area contributed by atoms with Gasteiger partial charge in [0.1, 0.15) is 6.04 Å². The van der Waals surface area contributed by atoms with E-state index in [2.05, 4.69) is 5.10 Å². The summed E-state index contributed by atoms with van der Waals surface area (Å²) in [6, 6.07) is 7.41. The molecule has 4 nitrogen and oxygen atoms in total. The Morgan fingerprint density at radius 3 is 2.69 bits per heavy atom. The summed E-state index contributed by atoms with van der Waals surface area (Å²) in [6.07, 6.45) is 0. The summed E-state index contributed by atoms with van der Waals surface area (Å²) in [7, 11) is 0. The minimum atomic E-state index is 0.0879. The molecule has 0 radical (unpaired) electrons. The second kappa shape index (κ2) is 2.73. The van der Waals surface area contributed by atoms with Crippen molar-refractivity contribution in [2.75, 3.05) is 0 Å². The summed E-state index contributed by atoms with van der Waals surface area (Å²) in [4.78, 5) is 2.27. The van der Waals surface area contributed by atoms with Crippen molar-refractivity contribution < 1.29 is 4.85 Å². The Hall–Kier alpha value is -1.58. The zero-order valence-corrected chi connectivity index (χ0v) is 7.64. The molecule has 0 fully saturated rings. The lowest BCUT2D eigenvalue weighted by Gasteiger charge is -2.05. The molecule has 0 unspecified atom stereocenters. The number of hydrogen-bond donors (Lipinski definition) is 0. The normalized spacial score (nSPS) is 11.3. The van der Waals surface area contributed by atoms with E-state index in [-0.39, 0.29) is 6.04 Å². The lowest BCUT2D eigenvalue weighted by atomic mass is 10.3. The van der Waals surface area contributed by atoms with E-state index in [1.54, 1.807) is 6.07 Å². The van der Waals surface area contributed by atoms with Gasteiger partial charge in [-0.1, -0.05) is 12.1 Å². The fraction of sp³-hybridized carbons (Fsp3) is 0.333. The van der Waals surface area contributed by atoms with E-state index < -0.39 is 0 Å². The maximum absolute atomic E-state index is 11.6. The number of para-hydroxylation sites is 1. The van der Waals surface area contributed by atoms with Crippen LogP contribution in [-0.2, 0) is 0 Å². The minimum absolute atomic E-state index is 0.0879. The Kier molecular flexibility index (Phi) is 1.69. The second-order valence-electron chi connectivity index (χ2n) is 3.28. The van der Waals surface area contributed by atoms with Crippen LogP contribution < -0.4 is 4.85 Å². The number of benzene rings is 1. The molecule has 0 saturated carbocycles. The fourth-order valence-electron chi connectivity index (χ4n) is 1.30. The molecule has 0 saturated heterocycles. The van der Waals surface area contributed by atoms with Crippen molar-refractivity contribution in [1.29, 1.82) is 0 Å². The molecule has 0 N–H and O–H groups in total. The van der Waals surface area contributed by atoms with Gasteiger partial charge in [0.05, 0.1) is 0 Å². The van der Waals surface area contributed by atoms with Gasteiger partial charge in [-0.2, -0.15) is 0 Å². The van der Waals surface area contributed by atoms with Gasteiger partial charge in [-0.05, 0) is 30.8 Å². The van der Waals surface area contributed by atoms with E-state index in [1.165, 1.54) is 4.80 Å². The predicted molar refractivity (Wildman–Crippen MR) is 49.1 cm³/mol. The first-order valence-electron chi connectivity index (χ1n) is 4.27. The van der Waals surface area contributed by atoms with Crippen molar-refractivity contribution in [3.05, 3.63) is 29.5 Å². The molecule has 0 aliphatic heterocycles. The molecule has 0 aliphatic carbocycles. The summed E-state index contributed by atoms with van der Waals surface area (Å²) in [5.74, 6) is 0. The molecule has 0 bridgehead atoms. The van der Waals surface area contributed by atoms with Crippen molar-refractivity contribution >= 4 is 11.0 Å². The second-order valence-corrected chi connectivity index (χ2v) is 3.28. The Morgan fingerprint density at radius 1 is 1.38 bits per heavy atom. The summed E-state index contributed by atoms with van der Waals surface area (Å²) >= 11 is 0. The molecule has 0 spiro atoms. The van der Waals surface area contributed by atoms with Crippen LogP contribution in [0, 0.1) is 5.21 Å². The maximum Gasteiger partial charge on any atom is 0.249 e. The van der Waals surface area contributed by atoms with Gasteiger partial charge in [-0.15, -0.1) is 4.85 Å². The topological polar surface area (TPSA) is 44.8 Å². The largest absolute Gasteiger partial charge is 0.692 e. The van der Waals surface area contributed by atoms with Crippen molar-refractivity contribution in [3.63, 3.8) is 0 Å². The number of nitrogens with zero attached hydrogens (tertiary/aromatic N) is 3. The zero-order valence-electron chi connectivity index (χ0n) is 7.64. The van der Waals surface area contributed by atoms with Gasteiger partial charge < -0.3 is 5.21 Å². The highest BCUT2D eigenvalue weighted by Crippen LogP contribution is 2.08. The summed E-state index contributed by atoms with van der Waals surface area (Å²) in [5.41, 5.74) is 1.36. The average molecular weight is 177 g/mol. The Balaban J connectivity index is 2.74. The lowest BCUT2D eigenvalue weighted by molar-refractivity contribution is -0.678. The minimum Gasteiger partial charge on any atom is -0.692 e. The van der Waals surface area contributed by atoms with E-state index >= 15 is 0 Å². The van der Waals surface area contributed by atoms with E-state index in [0.29, 0.717) is 5.52 Å². The van der Waals surface area contributed by atoms with E-state index in [0.717, 1.165) is 10.4 Å². The standard InChI is InChI=1S/C9H11N3O/c1-7(2)11-10-8-5-3-4-6-9(8)12(11)13/h3-7H,1-2H3. The first-order chi connectivity index (χ1) is 6.20. The summed E-state index contributed by atoms with van der Waals surface area (Å²) in [6.45, 7) is 3.86. The van der Waals surface area contributed by atoms with Gasteiger partial charge in [0.2, 0.25) is 11.0 Å². The first-order valence-corrected chi connectivity index (χ1v) is 4.27. The number of fused-ring (bicyclic) bond motifs is 1. The summed E-state index contributed by atoms with van der Waals surface area (Å²) < 4.78 is 0. The highest BCUT2D eigenvalue weighted by atomic mass is 16.5. The monoisotopic (exact) mass is 177 g/mol. The molecule has 2 rings (SSSR count). The molecule has 0 aliphatic rings. The van der Waals surface area contributed by atoms with Crippen LogP contribution in [0.5, 0.6) is 0 Å². The Morgan fingerprint density at radius 2 is 2.08 bits per heavy atom. The third kappa shape index (κ3) is 1.14. The highest BCUT2D eigenvalue weighted by molar-refractivity contribution is 5.69. The third-order valence-corrected chi connectivity index (χ3v) is 1.95. The smallest absolute Gasteiger partial charge is 0.249 e. The van der Waals surface area contributed by atoms with Crippen LogP contribution >= 0.6 is 0 Å². The molecule has 68 valence electrons. The molecule has 1 aromatic carbocycles. The van der Waals surface area contributed by atoms with Crippen molar-refractivity contribution in [2.45, 2.75) is 19.9 Å². The molecular formula is C9H11N3O. The molecule has 13 heavy (non-hydrogen) atoms. The maximum atomic E-state index is 11.6. The highest BCUT2D eigenvalue weighted by Gasteiger charge is 2.14. The number of aromatic nitrogens is 3. The van der Waals surface area contributed by atoms with Crippen LogP contribution in [0.1, 0.15) is 19.9 Å². The van der Waals surface area contributed by atoms with E-state index in [4.69, 9.17) is 0 Å². The van der Waals surface area contributed by atoms with Gasteiger partial charge in [-0.25, -0.2) is 0 Å². The van der Waals surface area contributed by atoms with Crippen molar-refractivity contribution in [1.82, 2.24) is 9.90 Å². The van der Waals surface area contributed by atoms with Crippen LogP contribution in [0.15, 0.2) is 24.3 Å². The van der Waals surface area contributed by atoms with Crippen LogP contribution in [0.4, 0.5) is 0 Å². The molecule has 1 aromatic heterocycles. The van der Waals surface area contributed by atoms with Gasteiger partial charge >= 0.3 is 0 Å². The molecule has 0 amide bonds. The molecule has 2 aromatic rings. The van der Waals surface area contributed by atoms with Crippen LogP contribution in [0.2, 0.25) is 0 Å². The number of rotatable bonds is 1. The van der Waals surface area contributed by atoms with E-state index in [9.17, 15) is 5.21 Å². The van der Waals surface area contributed by atoms with Gasteiger partial charge in [0, 0.05) is 5.10 Å². The average Bonchev–Trinajstić information content (AvgIpc) is 2.45. The van der Waals surface area contributed by atoms with Gasteiger partial charge in [0.15, 0.2) is 0 Å². The van der Waals surface area contributed by atoms with Gasteiger partial charge in [0.25, 0.3) is 0 Å². The predicted octanol–water partition coefficient (Wildman–Crippen LogP) is 1.25. The van der Waals surface area contributed by atoms with Crippen LogP contribution in [0.25, 0.3) is 11.0 Å². The molecule has 4 heteroatoms. The van der Waals surface area contributed by atoms with Gasteiger partial charge in [-0.3, -0.25) is 0 Å². The summed E-state index contributed by atoms with van der Waals surface area (Å²) in [5, 5.41) is 15.8. The van der Waals surface area contributed by atoms with Crippen molar-refractivity contribution in [2.24, 2.45) is 0 Å². The molecule has 0 atom stereocenters. The Labute approximate surface area is 76.0 Å². The van der Waals surface area contributed by atoms with Crippen molar-refractivity contribution in [3.8, 4) is 0 Å². The zero-order chi connectivity index (χ0) is 9.42. The molecule has 1 heterocycles. The van der Waals surface area contributed by atoms with Crippen LogP contribution in [0.3, 0.4) is 0 Å². The quantitative estimate of drug-likeness (QED) is 0.486. The third-order valence-electron chi connectivity index (χ3n) is 1.95. The number of hydrogen-bond acceptors (Lipinski definition) is 2.